The molecule has 20 heavy (non-hydrogen) atoms. The normalized spacial score (nSPS) is 16.4. The second-order valence-corrected chi connectivity index (χ2v) is 5.68. The molecule has 4 heteroatoms. The third-order valence-corrected chi connectivity index (χ3v) is 3.91. The van der Waals surface area contributed by atoms with Crippen molar-refractivity contribution in [2.45, 2.75) is 32.3 Å². The number of carbonyl (C=O) groups is 1. The first kappa shape index (κ1) is 14.5. The number of nitrogens with one attached hydrogen (secondary N) is 1. The summed E-state index contributed by atoms with van der Waals surface area (Å²) in [7, 11) is 0. The van der Waals surface area contributed by atoms with E-state index in [2.05, 4.69) is 10.2 Å². The lowest BCUT2D eigenvalue weighted by Crippen LogP contribution is -2.42. The molecule has 1 N–H and O–H groups in total. The summed E-state index contributed by atoms with van der Waals surface area (Å²) in [6.45, 7) is 12.8. The number of ether oxygens (including phenoxy) is 1. The summed E-state index contributed by atoms with van der Waals surface area (Å²) in [5.74, 6) is 0.0697. The van der Waals surface area contributed by atoms with Gasteiger partial charge in [0, 0.05) is 5.92 Å². The molecular formula is C16H20N2O2. The molecule has 0 aromatic heterocycles. The van der Waals surface area contributed by atoms with Crippen LogP contribution in [0.2, 0.25) is 0 Å². The molecule has 2 rings (SSSR count). The quantitative estimate of drug-likeness (QED) is 0.679. The Labute approximate surface area is 120 Å². The maximum Gasteiger partial charge on any atom is 0.338 e. The second kappa shape index (κ2) is 6.06. The van der Waals surface area contributed by atoms with Crippen LogP contribution in [0.4, 0.5) is 5.69 Å². The van der Waals surface area contributed by atoms with Crippen molar-refractivity contribution < 1.29 is 9.53 Å². The zero-order chi connectivity index (χ0) is 14.6. The Morgan fingerprint density at radius 1 is 1.30 bits per heavy atom. The summed E-state index contributed by atoms with van der Waals surface area (Å²) in [5.41, 5.74) is 0.566. The molecule has 1 heterocycles. The van der Waals surface area contributed by atoms with Gasteiger partial charge in [-0.2, -0.15) is 0 Å². The Kier molecular flexibility index (Phi) is 4.41. The molecule has 1 fully saturated rings. The molecule has 106 valence electrons. The lowest BCUT2D eigenvalue weighted by molar-refractivity contribution is -0.0368. The van der Waals surface area contributed by atoms with Gasteiger partial charge in [0.15, 0.2) is 5.69 Å². The van der Waals surface area contributed by atoms with Crippen molar-refractivity contribution in [3.8, 4) is 0 Å². The van der Waals surface area contributed by atoms with E-state index < -0.39 is 5.60 Å². The highest BCUT2D eigenvalue weighted by Crippen LogP contribution is 2.30. The van der Waals surface area contributed by atoms with Gasteiger partial charge in [-0.3, -0.25) is 0 Å². The second-order valence-electron chi connectivity index (χ2n) is 5.68. The molecule has 0 atom stereocenters. The Bertz CT molecular complexity index is 508. The highest BCUT2D eigenvalue weighted by atomic mass is 16.6. The van der Waals surface area contributed by atoms with Gasteiger partial charge in [0.25, 0.3) is 0 Å². The van der Waals surface area contributed by atoms with Crippen molar-refractivity contribution in [1.82, 2.24) is 5.32 Å². The minimum atomic E-state index is -0.461. The van der Waals surface area contributed by atoms with E-state index in [1.807, 2.05) is 13.8 Å². The van der Waals surface area contributed by atoms with Crippen molar-refractivity contribution in [2.24, 2.45) is 5.92 Å². The molecule has 0 spiro atoms. The Morgan fingerprint density at radius 3 is 2.45 bits per heavy atom. The molecule has 0 saturated carbocycles. The molecule has 4 nitrogen and oxygen atoms in total. The summed E-state index contributed by atoms with van der Waals surface area (Å²) in [4.78, 5) is 15.5. The molecule has 0 aliphatic carbocycles. The number of piperidine rings is 1. The van der Waals surface area contributed by atoms with Crippen molar-refractivity contribution in [2.75, 3.05) is 13.1 Å². The number of nitrogens with zero attached hydrogens (tertiary/aromatic N) is 1. The van der Waals surface area contributed by atoms with Crippen LogP contribution < -0.4 is 5.32 Å². The van der Waals surface area contributed by atoms with Crippen LogP contribution in [0.15, 0.2) is 24.3 Å². The fourth-order valence-electron chi connectivity index (χ4n) is 2.57. The smallest absolute Gasteiger partial charge is 0.338 e. The first-order chi connectivity index (χ1) is 9.53. The topological polar surface area (TPSA) is 42.7 Å². The molecule has 0 unspecified atom stereocenters. The van der Waals surface area contributed by atoms with Gasteiger partial charge < -0.3 is 10.1 Å². The first-order valence-electron chi connectivity index (χ1n) is 6.94. The monoisotopic (exact) mass is 272 g/mol. The highest BCUT2D eigenvalue weighted by Gasteiger charge is 2.34. The van der Waals surface area contributed by atoms with Gasteiger partial charge in [-0.15, -0.1) is 0 Å². The Morgan fingerprint density at radius 2 is 1.90 bits per heavy atom. The molecule has 0 amide bonds. The SMILES string of the molecule is [C-]#[N+]c1ccc(C(=O)OC(C)(C)C2CCNCC2)cc1. The van der Waals surface area contributed by atoms with E-state index in [0.717, 1.165) is 25.9 Å². The maximum absolute atomic E-state index is 12.2. The zero-order valence-corrected chi connectivity index (χ0v) is 12.0. The van der Waals surface area contributed by atoms with Crippen LogP contribution in [0.1, 0.15) is 37.0 Å². The van der Waals surface area contributed by atoms with E-state index >= 15 is 0 Å². The van der Waals surface area contributed by atoms with E-state index in [0.29, 0.717) is 17.2 Å². The molecule has 1 aromatic rings. The number of esters is 1. The van der Waals surface area contributed by atoms with Gasteiger partial charge in [-0.1, -0.05) is 24.3 Å². The lowest BCUT2D eigenvalue weighted by atomic mass is 9.83. The fourth-order valence-corrected chi connectivity index (χ4v) is 2.57. The van der Waals surface area contributed by atoms with Crippen LogP contribution in [-0.2, 0) is 4.74 Å². The third kappa shape index (κ3) is 3.37. The fraction of sp³-hybridized carbons (Fsp3) is 0.500. The number of rotatable bonds is 3. The summed E-state index contributed by atoms with van der Waals surface area (Å²) in [6, 6.07) is 6.57. The van der Waals surface area contributed by atoms with Crippen LogP contribution in [0.25, 0.3) is 4.85 Å². The molecule has 1 aromatic carbocycles. The van der Waals surface area contributed by atoms with E-state index in [-0.39, 0.29) is 5.97 Å². The van der Waals surface area contributed by atoms with Gasteiger partial charge >= 0.3 is 5.97 Å². The summed E-state index contributed by atoms with van der Waals surface area (Å²) in [6.07, 6.45) is 2.05. The van der Waals surface area contributed by atoms with Crippen molar-refractivity contribution in [3.63, 3.8) is 0 Å². The first-order valence-corrected chi connectivity index (χ1v) is 6.94. The average Bonchev–Trinajstić information content (AvgIpc) is 2.48. The van der Waals surface area contributed by atoms with Gasteiger partial charge in [-0.25, -0.2) is 9.64 Å². The maximum atomic E-state index is 12.2. The van der Waals surface area contributed by atoms with E-state index in [4.69, 9.17) is 11.3 Å². The third-order valence-electron chi connectivity index (χ3n) is 3.91. The van der Waals surface area contributed by atoms with Crippen LogP contribution in [-0.4, -0.2) is 24.7 Å². The van der Waals surface area contributed by atoms with Gasteiger partial charge in [-0.05, 0) is 39.8 Å². The lowest BCUT2D eigenvalue weighted by Gasteiger charge is -2.36. The molecule has 1 aliphatic heterocycles. The van der Waals surface area contributed by atoms with Gasteiger partial charge in [0.05, 0.1) is 12.1 Å². The van der Waals surface area contributed by atoms with E-state index in [1.54, 1.807) is 24.3 Å². The Balaban J connectivity index is 2.03. The predicted octanol–water partition coefficient (Wildman–Crippen LogP) is 3.17. The van der Waals surface area contributed by atoms with Crippen molar-refractivity contribution in [3.05, 3.63) is 41.2 Å². The largest absolute Gasteiger partial charge is 0.456 e. The molecular weight excluding hydrogens is 252 g/mol. The Hall–Kier alpha value is -1.86. The van der Waals surface area contributed by atoms with E-state index in [1.165, 1.54) is 0 Å². The standard InChI is InChI=1S/C16H20N2O2/c1-16(2,13-8-10-18-11-9-13)20-15(19)12-4-6-14(17-3)7-5-12/h4-7,13,18H,8-11H2,1-2H3. The summed E-state index contributed by atoms with van der Waals surface area (Å²) in [5, 5.41) is 3.32. The predicted molar refractivity (Wildman–Crippen MR) is 77.8 cm³/mol. The summed E-state index contributed by atoms with van der Waals surface area (Å²) < 4.78 is 5.69. The number of hydrogen-bond acceptors (Lipinski definition) is 3. The van der Waals surface area contributed by atoms with Crippen LogP contribution in [0.3, 0.4) is 0 Å². The molecule has 0 bridgehead atoms. The minimum Gasteiger partial charge on any atom is -0.456 e. The minimum absolute atomic E-state index is 0.315. The molecule has 1 aliphatic rings. The van der Waals surface area contributed by atoms with Crippen molar-refractivity contribution in [1.29, 1.82) is 0 Å². The molecule has 1 saturated heterocycles. The zero-order valence-electron chi connectivity index (χ0n) is 12.0. The van der Waals surface area contributed by atoms with Crippen LogP contribution in [0, 0.1) is 12.5 Å². The van der Waals surface area contributed by atoms with Crippen molar-refractivity contribution >= 4 is 11.7 Å². The average molecular weight is 272 g/mol. The van der Waals surface area contributed by atoms with E-state index in [9.17, 15) is 4.79 Å². The van der Waals surface area contributed by atoms with Crippen LogP contribution >= 0.6 is 0 Å². The number of benzene rings is 1. The summed E-state index contributed by atoms with van der Waals surface area (Å²) >= 11 is 0. The highest BCUT2D eigenvalue weighted by molar-refractivity contribution is 5.90. The number of hydrogen-bond donors (Lipinski definition) is 1. The molecule has 0 radical (unpaired) electrons. The number of carbonyl (C=O) groups excluding carboxylic acids is 1. The van der Waals surface area contributed by atoms with Gasteiger partial charge in [0.1, 0.15) is 5.60 Å². The van der Waals surface area contributed by atoms with Gasteiger partial charge in [0.2, 0.25) is 0 Å². The van der Waals surface area contributed by atoms with Crippen LogP contribution in [0.5, 0.6) is 0 Å².